The van der Waals surface area contributed by atoms with E-state index < -0.39 is 34.0 Å². The number of benzene rings is 1. The van der Waals surface area contributed by atoms with E-state index in [1.807, 2.05) is 12.1 Å². The quantitative estimate of drug-likeness (QED) is 0.405. The molecule has 1 aromatic carbocycles. The molecule has 4 rings (SSSR count). The van der Waals surface area contributed by atoms with Gasteiger partial charge in [0.1, 0.15) is 5.58 Å². The molecule has 4 heteroatoms. The summed E-state index contributed by atoms with van der Waals surface area (Å²) in [5.74, 6) is 0. The molecule has 3 heterocycles. The third kappa shape index (κ3) is 3.08. The highest BCUT2D eigenvalue weighted by Crippen LogP contribution is 2.36. The van der Waals surface area contributed by atoms with Crippen molar-refractivity contribution in [1.29, 1.82) is 0 Å². The smallest absolute Gasteiger partial charge is 0.153 e. The Morgan fingerprint density at radius 2 is 1.85 bits per heavy atom. The van der Waals surface area contributed by atoms with Gasteiger partial charge in [-0.3, -0.25) is 9.97 Å². The average Bonchev–Trinajstić information content (AvgIpc) is 3.09. The van der Waals surface area contributed by atoms with Gasteiger partial charge in [0.15, 0.2) is 5.58 Å². The van der Waals surface area contributed by atoms with Crippen molar-refractivity contribution in [1.82, 2.24) is 9.97 Å². The summed E-state index contributed by atoms with van der Waals surface area (Å²) < 4.78 is 78.5. The van der Waals surface area contributed by atoms with E-state index in [0.29, 0.717) is 16.7 Å². The van der Waals surface area contributed by atoms with Gasteiger partial charge in [0.05, 0.1) is 20.0 Å². The summed E-state index contributed by atoms with van der Waals surface area (Å²) in [7, 11) is -1.84. The molecular formula is C23H26N2OSi. The van der Waals surface area contributed by atoms with Gasteiger partial charge in [0.2, 0.25) is 0 Å². The van der Waals surface area contributed by atoms with Crippen molar-refractivity contribution in [3.63, 3.8) is 0 Å². The van der Waals surface area contributed by atoms with Gasteiger partial charge in [-0.15, -0.1) is 0 Å². The molecule has 0 aliphatic heterocycles. The van der Waals surface area contributed by atoms with Gasteiger partial charge in [0, 0.05) is 41.1 Å². The van der Waals surface area contributed by atoms with Crippen molar-refractivity contribution in [2.24, 2.45) is 0 Å². The zero-order valence-electron chi connectivity index (χ0n) is 24.4. The van der Waals surface area contributed by atoms with Gasteiger partial charge in [0.25, 0.3) is 0 Å². The second-order valence-electron chi connectivity index (χ2n) is 7.77. The Balaban J connectivity index is 2.08. The van der Waals surface area contributed by atoms with E-state index in [-0.39, 0.29) is 11.3 Å². The summed E-state index contributed by atoms with van der Waals surface area (Å²) in [4.78, 5) is 8.51. The molecule has 27 heavy (non-hydrogen) atoms. The van der Waals surface area contributed by atoms with Gasteiger partial charge in [-0.1, -0.05) is 46.3 Å². The average molecular weight is 384 g/mol. The largest absolute Gasteiger partial charge is 0.454 e. The zero-order chi connectivity index (χ0) is 26.9. The van der Waals surface area contributed by atoms with Crippen LogP contribution in [0.1, 0.15) is 38.5 Å². The topological polar surface area (TPSA) is 38.9 Å². The molecule has 4 aromatic rings. The predicted molar refractivity (Wildman–Crippen MR) is 116 cm³/mol. The minimum absolute atomic E-state index is 0.216. The first-order valence-corrected chi connectivity index (χ1v) is 12.2. The Morgan fingerprint density at radius 1 is 1.04 bits per heavy atom. The molecule has 0 radical (unpaired) electrons. The first-order chi connectivity index (χ1) is 16.4. The number of hydrogen-bond donors (Lipinski definition) is 0. The molecular weight excluding hydrogens is 348 g/mol. The van der Waals surface area contributed by atoms with Crippen LogP contribution in [-0.4, -0.2) is 18.0 Å². The van der Waals surface area contributed by atoms with Crippen molar-refractivity contribution in [2.75, 3.05) is 0 Å². The van der Waals surface area contributed by atoms with Gasteiger partial charge < -0.3 is 4.42 Å². The molecule has 0 N–H and O–H groups in total. The number of furan rings is 1. The van der Waals surface area contributed by atoms with Crippen molar-refractivity contribution in [2.45, 2.75) is 45.6 Å². The van der Waals surface area contributed by atoms with Crippen LogP contribution in [0.3, 0.4) is 0 Å². The fourth-order valence-electron chi connectivity index (χ4n) is 3.37. The Morgan fingerprint density at radius 3 is 2.59 bits per heavy atom. The molecule has 0 atom stereocenters. The number of hydrogen-bond acceptors (Lipinski definition) is 3. The molecule has 0 aliphatic carbocycles. The van der Waals surface area contributed by atoms with Crippen molar-refractivity contribution >= 4 is 35.2 Å². The number of aromatic nitrogens is 2. The summed E-state index contributed by atoms with van der Waals surface area (Å²) in [6.07, 6.45) is 4.53. The van der Waals surface area contributed by atoms with Crippen LogP contribution in [0.4, 0.5) is 0 Å². The third-order valence-corrected chi connectivity index (χ3v) is 6.73. The first kappa shape index (κ1) is 10.2. The van der Waals surface area contributed by atoms with E-state index in [0.717, 1.165) is 22.0 Å². The van der Waals surface area contributed by atoms with Gasteiger partial charge in [-0.25, -0.2) is 0 Å². The van der Waals surface area contributed by atoms with Gasteiger partial charge in [-0.2, -0.15) is 0 Å². The highest BCUT2D eigenvalue weighted by Gasteiger charge is 2.25. The van der Waals surface area contributed by atoms with Crippen LogP contribution in [0.15, 0.2) is 53.3 Å². The van der Waals surface area contributed by atoms with Crippen molar-refractivity contribution in [3.05, 3.63) is 54.5 Å². The number of rotatable bonds is 2. The van der Waals surface area contributed by atoms with E-state index in [2.05, 4.69) is 29.6 Å². The van der Waals surface area contributed by atoms with E-state index in [1.165, 1.54) is 12.3 Å². The molecule has 0 unspecified atom stereocenters. The summed E-state index contributed by atoms with van der Waals surface area (Å²) in [6, 6.07) is 8.06. The van der Waals surface area contributed by atoms with E-state index in [1.54, 1.807) is 18.5 Å². The molecule has 0 saturated heterocycles. The van der Waals surface area contributed by atoms with Crippen molar-refractivity contribution < 1.29 is 16.8 Å². The molecule has 0 spiro atoms. The minimum atomic E-state index is -3.36. The Hall–Kier alpha value is -2.46. The molecule has 0 saturated carbocycles. The second-order valence-corrected chi connectivity index (χ2v) is 12.8. The highest BCUT2D eigenvalue weighted by molar-refractivity contribution is 6.90. The molecule has 3 nitrogen and oxygen atoms in total. The zero-order valence-corrected chi connectivity index (χ0v) is 16.4. The van der Waals surface area contributed by atoms with Crippen LogP contribution in [0.2, 0.25) is 19.6 Å². The maximum atomic E-state index is 8.03. The maximum absolute atomic E-state index is 8.03. The minimum Gasteiger partial charge on any atom is -0.454 e. The summed E-state index contributed by atoms with van der Waals surface area (Å²) >= 11 is 0. The van der Waals surface area contributed by atoms with E-state index >= 15 is 0 Å². The number of pyridine rings is 2. The Bertz CT molecular complexity index is 1410. The third-order valence-electron chi connectivity index (χ3n) is 4.70. The fourth-order valence-corrected chi connectivity index (χ4v) is 4.95. The lowest BCUT2D eigenvalue weighted by Crippen LogP contribution is -2.37. The van der Waals surface area contributed by atoms with Crippen LogP contribution in [0.5, 0.6) is 0 Å². The van der Waals surface area contributed by atoms with Crippen LogP contribution in [0, 0.1) is 0 Å². The fraction of sp³-hybridized carbons (Fsp3) is 0.304. The van der Waals surface area contributed by atoms with Crippen molar-refractivity contribution in [3.8, 4) is 11.3 Å². The second kappa shape index (κ2) is 6.03. The number of nitrogens with zero attached hydrogens (tertiary/aromatic N) is 2. The lowest BCUT2D eigenvalue weighted by atomic mass is 9.87. The van der Waals surface area contributed by atoms with E-state index in [4.69, 9.17) is 16.8 Å². The normalized spacial score (nSPS) is 19.1. The summed E-state index contributed by atoms with van der Waals surface area (Å²) in [6.45, 7) is -3.45. The first-order valence-electron chi connectivity index (χ1n) is 13.2. The molecule has 138 valence electrons. The van der Waals surface area contributed by atoms with Gasteiger partial charge >= 0.3 is 0 Å². The van der Waals surface area contributed by atoms with Crippen LogP contribution < -0.4 is 5.19 Å². The number of fused-ring (bicyclic) bond motifs is 3. The van der Waals surface area contributed by atoms with Crippen LogP contribution >= 0.6 is 0 Å². The lowest BCUT2D eigenvalue weighted by Gasteiger charge is -2.20. The van der Waals surface area contributed by atoms with Gasteiger partial charge in [-0.05, 0) is 40.4 Å². The van der Waals surface area contributed by atoms with E-state index in [9.17, 15) is 0 Å². The summed E-state index contributed by atoms with van der Waals surface area (Å²) in [5.41, 5.74) is -1.68. The van der Waals surface area contributed by atoms with Crippen LogP contribution in [-0.2, 0) is 5.41 Å². The predicted octanol–water partition coefficient (Wildman–Crippen LogP) is 5.89. The molecule has 3 aromatic heterocycles. The molecule has 0 bridgehead atoms. The standard InChI is InChI=1S/C23H26N2OSi/c1-23(2,3)15-9-12-25-18(13-15)16-7-8-20(27(4,5)6)21-17-10-11-24-14-19(17)26-22(16)21/h7-14H,1-6H3/i1D3,2D3,3D3. The molecule has 0 amide bonds. The SMILES string of the molecule is [2H]C([2H])([2H])C(c1ccnc(-c2ccc([Si](C)(C)C)c3c2oc2cnccc23)c1)(C([2H])([2H])[2H])C([2H])([2H])[2H]. The van der Waals surface area contributed by atoms with Crippen LogP contribution in [0.25, 0.3) is 33.2 Å². The Kier molecular flexibility index (Phi) is 2.27. The Labute approximate surface area is 174 Å². The lowest BCUT2D eigenvalue weighted by molar-refractivity contribution is 0.589. The molecule has 0 aliphatic rings. The summed E-state index contributed by atoms with van der Waals surface area (Å²) in [5, 5.41) is 2.91. The molecule has 0 fully saturated rings. The maximum Gasteiger partial charge on any atom is 0.153 e. The highest BCUT2D eigenvalue weighted by atomic mass is 28.3. The monoisotopic (exact) mass is 383 g/mol.